The molecule has 5 nitrogen and oxygen atoms in total. The van der Waals surface area contributed by atoms with Crippen molar-refractivity contribution < 1.29 is 14.6 Å². The third-order valence-corrected chi connectivity index (χ3v) is 4.69. The van der Waals surface area contributed by atoms with Crippen molar-refractivity contribution in [3.8, 4) is 0 Å². The van der Waals surface area contributed by atoms with Crippen LogP contribution in [0.3, 0.4) is 0 Å². The van der Waals surface area contributed by atoms with Crippen molar-refractivity contribution in [3.05, 3.63) is 23.4 Å². The topological polar surface area (TPSA) is 53.0 Å². The highest BCUT2D eigenvalue weighted by atomic mass is 16.6. The Kier molecular flexibility index (Phi) is 9.20. The summed E-state index contributed by atoms with van der Waals surface area (Å²) in [6.07, 6.45) is 7.01. The van der Waals surface area contributed by atoms with E-state index in [-0.39, 0.29) is 12.7 Å². The van der Waals surface area contributed by atoms with Gasteiger partial charge in [0.1, 0.15) is 5.60 Å². The second-order valence-corrected chi connectivity index (χ2v) is 7.99. The third-order valence-electron chi connectivity index (χ3n) is 4.69. The quantitative estimate of drug-likeness (QED) is 0.687. The molecule has 1 unspecified atom stereocenters. The van der Waals surface area contributed by atoms with Crippen molar-refractivity contribution in [1.82, 2.24) is 9.80 Å². The molecular formula is C21H38N2O3. The fourth-order valence-corrected chi connectivity index (χ4v) is 3.00. The van der Waals surface area contributed by atoms with Gasteiger partial charge in [-0.2, -0.15) is 0 Å². The molecule has 0 aromatic heterocycles. The third kappa shape index (κ3) is 7.40. The van der Waals surface area contributed by atoms with Crippen LogP contribution in [-0.4, -0.2) is 59.4 Å². The van der Waals surface area contributed by atoms with Crippen LogP contribution in [0.1, 0.15) is 60.8 Å². The number of carbonyl (C=O) groups excluding carboxylic acids is 1. The van der Waals surface area contributed by atoms with Gasteiger partial charge in [-0.3, -0.25) is 0 Å². The summed E-state index contributed by atoms with van der Waals surface area (Å²) in [6, 6.07) is 0. The number of piperazine rings is 1. The largest absolute Gasteiger partial charge is 0.444 e. The Morgan fingerprint density at radius 1 is 1.15 bits per heavy atom. The minimum atomic E-state index is -0.459. The predicted molar refractivity (Wildman–Crippen MR) is 107 cm³/mol. The van der Waals surface area contributed by atoms with Crippen LogP contribution in [-0.2, 0) is 4.74 Å². The Balaban J connectivity index is 2.79. The van der Waals surface area contributed by atoms with Crippen LogP contribution in [0.2, 0.25) is 0 Å². The lowest BCUT2D eigenvalue weighted by Crippen LogP contribution is -2.49. The Labute approximate surface area is 159 Å². The van der Waals surface area contributed by atoms with Crippen molar-refractivity contribution in [2.75, 3.05) is 32.8 Å². The highest BCUT2D eigenvalue weighted by molar-refractivity contribution is 5.68. The first-order valence-electron chi connectivity index (χ1n) is 9.96. The minimum absolute atomic E-state index is 0.183. The van der Waals surface area contributed by atoms with Crippen molar-refractivity contribution >= 4 is 6.09 Å². The zero-order valence-electron chi connectivity index (χ0n) is 17.5. The molecule has 26 heavy (non-hydrogen) atoms. The lowest BCUT2D eigenvalue weighted by Gasteiger charge is -2.37. The summed E-state index contributed by atoms with van der Waals surface area (Å²) in [5.74, 6) is 0.463. The average Bonchev–Trinajstić information content (AvgIpc) is 2.58. The molecule has 0 saturated carbocycles. The van der Waals surface area contributed by atoms with Crippen molar-refractivity contribution in [2.45, 2.75) is 66.4 Å². The van der Waals surface area contributed by atoms with Gasteiger partial charge >= 0.3 is 6.09 Å². The Bertz CT molecular complexity index is 498. The normalized spacial score (nSPS) is 18.1. The molecule has 1 atom stereocenters. The standard InChI is InChI=1S/C21H38N2O3/c1-7-9-19(16-18(10-15-24)17(3)8-2)22-11-13-23(14-12-22)20(25)26-21(4,5)6/h9,16-17,24H,7-8,10-15H2,1-6H3/b18-16-,19-9+. The van der Waals surface area contributed by atoms with E-state index in [9.17, 15) is 9.90 Å². The van der Waals surface area contributed by atoms with Gasteiger partial charge < -0.3 is 19.6 Å². The number of hydrogen-bond acceptors (Lipinski definition) is 4. The van der Waals surface area contributed by atoms with Crippen molar-refractivity contribution in [3.63, 3.8) is 0 Å². The zero-order valence-corrected chi connectivity index (χ0v) is 17.5. The van der Waals surface area contributed by atoms with Crippen LogP contribution in [0.15, 0.2) is 23.4 Å². The van der Waals surface area contributed by atoms with E-state index in [4.69, 9.17) is 4.74 Å². The van der Waals surface area contributed by atoms with Gasteiger partial charge in [0.05, 0.1) is 0 Å². The minimum Gasteiger partial charge on any atom is -0.444 e. The van der Waals surface area contributed by atoms with Gasteiger partial charge in [0.25, 0.3) is 0 Å². The van der Waals surface area contributed by atoms with Crippen molar-refractivity contribution in [1.29, 1.82) is 0 Å². The summed E-state index contributed by atoms with van der Waals surface area (Å²) in [7, 11) is 0. The molecule has 1 aliphatic heterocycles. The van der Waals surface area contributed by atoms with E-state index >= 15 is 0 Å². The van der Waals surface area contributed by atoms with Gasteiger partial charge in [-0.1, -0.05) is 32.4 Å². The molecule has 1 amide bonds. The Hall–Kier alpha value is -1.49. The molecule has 150 valence electrons. The number of hydrogen-bond donors (Lipinski definition) is 1. The molecule has 1 saturated heterocycles. The number of allylic oxidation sites excluding steroid dienone is 2. The molecule has 1 N–H and O–H groups in total. The molecule has 0 aliphatic carbocycles. The molecule has 1 heterocycles. The Morgan fingerprint density at radius 2 is 1.73 bits per heavy atom. The molecule has 5 heteroatoms. The van der Waals surface area contributed by atoms with Gasteiger partial charge in [-0.05, 0) is 52.0 Å². The van der Waals surface area contributed by atoms with Gasteiger partial charge in [0, 0.05) is 38.5 Å². The molecule has 1 rings (SSSR count). The van der Waals surface area contributed by atoms with E-state index in [1.54, 1.807) is 4.90 Å². The molecule has 0 spiro atoms. The Morgan fingerprint density at radius 3 is 2.19 bits per heavy atom. The van der Waals surface area contributed by atoms with Crippen LogP contribution in [0.25, 0.3) is 0 Å². The lowest BCUT2D eigenvalue weighted by molar-refractivity contribution is 0.0171. The van der Waals surface area contributed by atoms with Crippen LogP contribution >= 0.6 is 0 Å². The number of aliphatic hydroxyl groups excluding tert-OH is 1. The monoisotopic (exact) mass is 366 g/mol. The molecule has 1 fully saturated rings. The van der Waals surface area contributed by atoms with Gasteiger partial charge in [0.15, 0.2) is 0 Å². The molecular weight excluding hydrogens is 328 g/mol. The van der Waals surface area contributed by atoms with Crippen LogP contribution in [0.4, 0.5) is 4.79 Å². The van der Waals surface area contributed by atoms with Gasteiger partial charge in [-0.25, -0.2) is 4.79 Å². The summed E-state index contributed by atoms with van der Waals surface area (Å²) < 4.78 is 5.48. The lowest BCUT2D eigenvalue weighted by atomic mass is 9.94. The number of carbonyl (C=O) groups is 1. The van der Waals surface area contributed by atoms with Crippen LogP contribution in [0.5, 0.6) is 0 Å². The average molecular weight is 367 g/mol. The summed E-state index contributed by atoms with van der Waals surface area (Å²) in [5, 5.41) is 9.39. The predicted octanol–water partition coefficient (Wildman–Crippen LogP) is 4.19. The maximum atomic E-state index is 12.2. The van der Waals surface area contributed by atoms with E-state index < -0.39 is 5.60 Å². The SMILES string of the molecule is CC/C=C(\C=C(\CCO)C(C)CC)N1CCN(C(=O)OC(C)(C)C)CC1. The number of aliphatic hydroxyl groups is 1. The number of rotatable bonds is 7. The van der Waals surface area contributed by atoms with E-state index in [0.29, 0.717) is 25.4 Å². The smallest absolute Gasteiger partial charge is 0.410 e. The van der Waals surface area contributed by atoms with E-state index in [0.717, 1.165) is 25.9 Å². The summed E-state index contributed by atoms with van der Waals surface area (Å²) >= 11 is 0. The van der Waals surface area contributed by atoms with Crippen LogP contribution < -0.4 is 0 Å². The van der Waals surface area contributed by atoms with Crippen LogP contribution in [0, 0.1) is 5.92 Å². The molecule has 0 aromatic carbocycles. The molecule has 0 bridgehead atoms. The maximum absolute atomic E-state index is 12.2. The second-order valence-electron chi connectivity index (χ2n) is 7.99. The van der Waals surface area contributed by atoms with Gasteiger partial charge in [-0.15, -0.1) is 0 Å². The molecule has 1 aliphatic rings. The molecule has 0 aromatic rings. The van der Waals surface area contributed by atoms with E-state index in [1.165, 1.54) is 11.3 Å². The summed E-state index contributed by atoms with van der Waals surface area (Å²) in [4.78, 5) is 16.4. The first-order valence-corrected chi connectivity index (χ1v) is 9.96. The van der Waals surface area contributed by atoms with Gasteiger partial charge in [0.2, 0.25) is 0 Å². The first-order chi connectivity index (χ1) is 12.2. The number of amides is 1. The molecule has 0 radical (unpaired) electrons. The second kappa shape index (κ2) is 10.6. The fourth-order valence-electron chi connectivity index (χ4n) is 3.00. The zero-order chi connectivity index (χ0) is 19.7. The van der Waals surface area contributed by atoms with E-state index in [1.807, 2.05) is 20.8 Å². The summed E-state index contributed by atoms with van der Waals surface area (Å²) in [5.41, 5.74) is 2.05. The highest BCUT2D eigenvalue weighted by Gasteiger charge is 2.26. The van der Waals surface area contributed by atoms with Crippen molar-refractivity contribution in [2.24, 2.45) is 5.92 Å². The fraction of sp³-hybridized carbons (Fsp3) is 0.762. The maximum Gasteiger partial charge on any atom is 0.410 e. The summed E-state index contributed by atoms with van der Waals surface area (Å²) in [6.45, 7) is 15.3. The highest BCUT2D eigenvalue weighted by Crippen LogP contribution is 2.22. The number of nitrogens with zero attached hydrogens (tertiary/aromatic N) is 2. The first kappa shape index (κ1) is 22.6. The van der Waals surface area contributed by atoms with E-state index in [2.05, 4.69) is 37.8 Å². The number of ether oxygens (including phenoxy) is 1.